The molecule has 2 atom stereocenters. The van der Waals surface area contributed by atoms with Gasteiger partial charge in [0, 0.05) is 12.6 Å². The Labute approximate surface area is 110 Å². The van der Waals surface area contributed by atoms with Crippen LogP contribution in [0, 0.1) is 11.3 Å². The quantitative estimate of drug-likeness (QED) is 0.593. The lowest BCUT2D eigenvalue weighted by molar-refractivity contribution is -0.186. The standard InChI is InChI=1S/C12H17BrN2O2/c1-2-17-11-12(13,8-14)10(16)15(11)9-6-4-3-5-7-9/h9,11H,2-7H2,1H3. The lowest BCUT2D eigenvalue weighted by Gasteiger charge is -2.52. The third-order valence-electron chi connectivity index (χ3n) is 3.59. The highest BCUT2D eigenvalue weighted by Crippen LogP contribution is 2.43. The highest BCUT2D eigenvalue weighted by molar-refractivity contribution is 9.10. The topological polar surface area (TPSA) is 53.3 Å². The summed E-state index contributed by atoms with van der Waals surface area (Å²) in [6, 6.07) is 2.29. The number of ether oxygens (including phenoxy) is 1. The SMILES string of the molecule is CCOC1N(C2CCCCC2)C(=O)C1(Br)C#N. The molecule has 0 bridgehead atoms. The van der Waals surface area contributed by atoms with E-state index in [2.05, 4.69) is 15.9 Å². The summed E-state index contributed by atoms with van der Waals surface area (Å²) >= 11 is 3.23. The summed E-state index contributed by atoms with van der Waals surface area (Å²) in [4.78, 5) is 13.8. The summed E-state index contributed by atoms with van der Waals surface area (Å²) in [5.74, 6) is -0.134. The fourth-order valence-electron chi connectivity index (χ4n) is 2.70. The number of hydrogen-bond donors (Lipinski definition) is 0. The number of carbonyl (C=O) groups excluding carboxylic acids is 1. The van der Waals surface area contributed by atoms with Crippen molar-refractivity contribution in [2.24, 2.45) is 0 Å². The molecule has 1 amide bonds. The molecule has 0 N–H and O–H groups in total. The molecule has 0 radical (unpaired) electrons. The first-order chi connectivity index (χ1) is 8.15. The number of nitriles is 1. The third kappa shape index (κ3) is 1.98. The third-order valence-corrected chi connectivity index (χ3v) is 4.50. The molecule has 0 aromatic rings. The van der Waals surface area contributed by atoms with Crippen molar-refractivity contribution in [3.63, 3.8) is 0 Å². The first kappa shape index (κ1) is 12.8. The Bertz CT molecular complexity index is 349. The van der Waals surface area contributed by atoms with Crippen molar-refractivity contribution in [1.29, 1.82) is 5.26 Å². The van der Waals surface area contributed by atoms with Gasteiger partial charge in [0.05, 0.1) is 6.07 Å². The first-order valence-electron chi connectivity index (χ1n) is 6.19. The number of hydrogen-bond acceptors (Lipinski definition) is 3. The van der Waals surface area contributed by atoms with Gasteiger partial charge in [0.2, 0.25) is 4.32 Å². The van der Waals surface area contributed by atoms with Gasteiger partial charge in [0.1, 0.15) is 0 Å². The lowest BCUT2D eigenvalue weighted by atomic mass is 9.87. The molecule has 94 valence electrons. The van der Waals surface area contributed by atoms with Gasteiger partial charge in [-0.2, -0.15) is 5.26 Å². The van der Waals surface area contributed by atoms with Crippen molar-refractivity contribution in [3.05, 3.63) is 0 Å². The number of nitrogens with zero attached hydrogens (tertiary/aromatic N) is 2. The van der Waals surface area contributed by atoms with E-state index in [0.29, 0.717) is 6.61 Å². The van der Waals surface area contributed by atoms with Crippen molar-refractivity contribution >= 4 is 21.8 Å². The highest BCUT2D eigenvalue weighted by Gasteiger charge is 2.63. The maximum atomic E-state index is 12.1. The highest BCUT2D eigenvalue weighted by atomic mass is 79.9. The number of rotatable bonds is 3. The number of carbonyl (C=O) groups is 1. The van der Waals surface area contributed by atoms with Gasteiger partial charge in [-0.1, -0.05) is 35.2 Å². The van der Waals surface area contributed by atoms with E-state index in [-0.39, 0.29) is 11.9 Å². The average molecular weight is 301 g/mol. The van der Waals surface area contributed by atoms with E-state index in [0.717, 1.165) is 25.7 Å². The van der Waals surface area contributed by atoms with Crippen LogP contribution in [-0.2, 0) is 9.53 Å². The van der Waals surface area contributed by atoms with Gasteiger partial charge >= 0.3 is 0 Å². The number of β-lactam (4-membered cyclic amide) rings is 1. The maximum absolute atomic E-state index is 12.1. The molecule has 2 rings (SSSR count). The van der Waals surface area contributed by atoms with Crippen molar-refractivity contribution < 1.29 is 9.53 Å². The van der Waals surface area contributed by atoms with E-state index in [1.54, 1.807) is 4.90 Å². The fraction of sp³-hybridized carbons (Fsp3) is 0.833. The van der Waals surface area contributed by atoms with E-state index in [1.807, 2.05) is 13.0 Å². The molecule has 2 aliphatic rings. The summed E-state index contributed by atoms with van der Waals surface area (Å²) in [5.41, 5.74) is 0. The van der Waals surface area contributed by atoms with Gasteiger partial charge in [-0.25, -0.2) is 0 Å². The van der Waals surface area contributed by atoms with Crippen LogP contribution in [0.5, 0.6) is 0 Å². The molecule has 17 heavy (non-hydrogen) atoms. The second-order valence-electron chi connectivity index (χ2n) is 4.64. The molecular weight excluding hydrogens is 284 g/mol. The second kappa shape index (κ2) is 4.95. The van der Waals surface area contributed by atoms with Gasteiger partial charge < -0.3 is 9.64 Å². The van der Waals surface area contributed by atoms with E-state index in [9.17, 15) is 4.79 Å². The molecule has 2 fully saturated rings. The lowest BCUT2D eigenvalue weighted by Crippen LogP contribution is -2.73. The number of alkyl halides is 1. The molecule has 1 heterocycles. The molecule has 1 aliphatic heterocycles. The smallest absolute Gasteiger partial charge is 0.261 e. The monoisotopic (exact) mass is 300 g/mol. The van der Waals surface area contributed by atoms with Gasteiger partial charge in [-0.15, -0.1) is 0 Å². The van der Waals surface area contributed by atoms with E-state index < -0.39 is 10.6 Å². The molecule has 0 aromatic carbocycles. The van der Waals surface area contributed by atoms with Crippen LogP contribution in [0.1, 0.15) is 39.0 Å². The average Bonchev–Trinajstić information content (AvgIpc) is 2.38. The van der Waals surface area contributed by atoms with Gasteiger partial charge in [0.15, 0.2) is 6.23 Å². The summed E-state index contributed by atoms with van der Waals surface area (Å²) in [6.45, 7) is 2.39. The molecule has 5 heteroatoms. The molecule has 1 saturated carbocycles. The summed E-state index contributed by atoms with van der Waals surface area (Å²) in [5, 5.41) is 9.10. The maximum Gasteiger partial charge on any atom is 0.261 e. The number of likely N-dealkylation sites (tertiary alicyclic amines) is 1. The minimum atomic E-state index is -1.15. The Kier molecular flexibility index (Phi) is 3.74. The van der Waals surface area contributed by atoms with Crippen molar-refractivity contribution in [2.45, 2.75) is 55.6 Å². The van der Waals surface area contributed by atoms with Crippen LogP contribution in [0.25, 0.3) is 0 Å². The Morgan fingerprint density at radius 1 is 1.53 bits per heavy atom. The normalized spacial score (nSPS) is 34.3. The molecule has 4 nitrogen and oxygen atoms in total. The van der Waals surface area contributed by atoms with E-state index >= 15 is 0 Å². The fourth-order valence-corrected chi connectivity index (χ4v) is 3.26. The van der Waals surface area contributed by atoms with Crippen LogP contribution < -0.4 is 0 Å². The summed E-state index contributed by atoms with van der Waals surface area (Å²) < 4.78 is 4.40. The van der Waals surface area contributed by atoms with Crippen LogP contribution in [0.3, 0.4) is 0 Å². The van der Waals surface area contributed by atoms with Crippen LogP contribution >= 0.6 is 15.9 Å². The predicted octanol–water partition coefficient (Wildman–Crippen LogP) is 2.18. The minimum absolute atomic E-state index is 0.134. The van der Waals surface area contributed by atoms with Gasteiger partial charge in [-0.05, 0) is 19.8 Å². The van der Waals surface area contributed by atoms with Gasteiger partial charge in [0.25, 0.3) is 5.91 Å². The zero-order valence-electron chi connectivity index (χ0n) is 9.99. The molecular formula is C12H17BrN2O2. The van der Waals surface area contributed by atoms with Crippen LogP contribution in [0.15, 0.2) is 0 Å². The van der Waals surface area contributed by atoms with Crippen LogP contribution in [-0.4, -0.2) is 34.0 Å². The van der Waals surface area contributed by atoms with Crippen molar-refractivity contribution in [2.75, 3.05) is 6.61 Å². The largest absolute Gasteiger partial charge is 0.355 e. The summed E-state index contributed by atoms with van der Waals surface area (Å²) in [7, 11) is 0. The van der Waals surface area contributed by atoms with E-state index in [4.69, 9.17) is 10.00 Å². The molecule has 1 aliphatic carbocycles. The molecule has 1 saturated heterocycles. The van der Waals surface area contributed by atoms with Crippen molar-refractivity contribution in [1.82, 2.24) is 4.90 Å². The zero-order valence-corrected chi connectivity index (χ0v) is 11.6. The minimum Gasteiger partial charge on any atom is -0.355 e. The Balaban J connectivity index is 2.12. The van der Waals surface area contributed by atoms with Crippen LogP contribution in [0.4, 0.5) is 0 Å². The zero-order chi connectivity index (χ0) is 12.5. The predicted molar refractivity (Wildman–Crippen MR) is 66.4 cm³/mol. The Morgan fingerprint density at radius 2 is 2.18 bits per heavy atom. The summed E-state index contributed by atoms with van der Waals surface area (Å²) in [6.07, 6.45) is 5.21. The second-order valence-corrected chi connectivity index (χ2v) is 5.89. The first-order valence-corrected chi connectivity index (χ1v) is 6.99. The van der Waals surface area contributed by atoms with Gasteiger partial charge in [-0.3, -0.25) is 4.79 Å². The Morgan fingerprint density at radius 3 is 2.71 bits per heavy atom. The van der Waals surface area contributed by atoms with Crippen LogP contribution in [0.2, 0.25) is 0 Å². The number of halogens is 1. The van der Waals surface area contributed by atoms with Crippen molar-refractivity contribution in [3.8, 4) is 6.07 Å². The van der Waals surface area contributed by atoms with E-state index in [1.165, 1.54) is 6.42 Å². The molecule has 0 aromatic heterocycles. The Hall–Kier alpha value is -0.600. The molecule has 2 unspecified atom stereocenters. The number of amides is 1. The molecule has 0 spiro atoms.